The highest BCUT2D eigenvalue weighted by Gasteiger charge is 2.23. The van der Waals surface area contributed by atoms with Crippen molar-refractivity contribution in [3.05, 3.63) is 66.9 Å². The van der Waals surface area contributed by atoms with Gasteiger partial charge in [0, 0.05) is 17.7 Å². The molecule has 102 valence electrons. The molecule has 0 radical (unpaired) electrons. The van der Waals surface area contributed by atoms with Crippen LogP contribution in [0.3, 0.4) is 0 Å². The van der Waals surface area contributed by atoms with Crippen LogP contribution >= 0.6 is 0 Å². The van der Waals surface area contributed by atoms with Crippen LogP contribution in [0.4, 0.5) is 5.69 Å². The van der Waals surface area contributed by atoms with Crippen LogP contribution in [0.5, 0.6) is 0 Å². The third-order valence-corrected chi connectivity index (χ3v) is 3.85. The van der Waals surface area contributed by atoms with E-state index in [1.54, 1.807) is 0 Å². The summed E-state index contributed by atoms with van der Waals surface area (Å²) in [6.07, 6.45) is 1.86. The summed E-state index contributed by atoms with van der Waals surface area (Å²) in [4.78, 5) is 2.14. The summed E-state index contributed by atoms with van der Waals surface area (Å²) in [6, 6.07) is 16.5. The fraction of sp³-hybridized carbons (Fsp3) is 0.0588. The molecule has 4 heteroatoms. The quantitative estimate of drug-likeness (QED) is 0.737. The van der Waals surface area contributed by atoms with Crippen LogP contribution in [0.2, 0.25) is 0 Å². The zero-order chi connectivity index (χ0) is 14.2. The molecule has 1 aliphatic rings. The molecular formula is C17H14N4. The lowest BCUT2D eigenvalue weighted by atomic mass is 9.96. The molecule has 1 aromatic heterocycles. The van der Waals surface area contributed by atoms with Crippen LogP contribution < -0.4 is 4.90 Å². The number of anilines is 1. The van der Waals surface area contributed by atoms with E-state index in [4.69, 9.17) is 0 Å². The van der Waals surface area contributed by atoms with Crippen LogP contribution in [-0.4, -0.2) is 15.4 Å². The number of hydrogen-bond donors (Lipinski definition) is 1. The minimum Gasteiger partial charge on any atom is -0.344 e. The Morgan fingerprint density at radius 3 is 2.43 bits per heavy atom. The van der Waals surface area contributed by atoms with Gasteiger partial charge in [0.2, 0.25) is 0 Å². The Hall–Kier alpha value is -2.88. The summed E-state index contributed by atoms with van der Waals surface area (Å²) in [5.74, 6) is 0. The second kappa shape index (κ2) is 4.59. The Kier molecular flexibility index (Phi) is 2.60. The highest BCUT2D eigenvalue weighted by atomic mass is 15.3. The molecule has 21 heavy (non-hydrogen) atoms. The number of nitrogens with zero attached hydrogens (tertiary/aromatic N) is 3. The molecule has 0 saturated heterocycles. The molecule has 4 rings (SSSR count). The lowest BCUT2D eigenvalue weighted by Gasteiger charge is -2.26. The molecule has 0 bridgehead atoms. The van der Waals surface area contributed by atoms with Gasteiger partial charge in [-0.2, -0.15) is 15.4 Å². The number of rotatable bonds is 1. The van der Waals surface area contributed by atoms with Gasteiger partial charge in [-0.25, -0.2) is 0 Å². The van der Waals surface area contributed by atoms with Crippen molar-refractivity contribution in [3.63, 3.8) is 0 Å². The third-order valence-electron chi connectivity index (χ3n) is 3.85. The number of H-pyrrole nitrogens is 1. The molecule has 2 aromatic carbocycles. The van der Waals surface area contributed by atoms with Gasteiger partial charge in [-0.1, -0.05) is 49.0 Å². The Labute approximate surface area is 122 Å². The van der Waals surface area contributed by atoms with E-state index in [0.717, 1.165) is 34.7 Å². The fourth-order valence-electron chi connectivity index (χ4n) is 2.85. The molecule has 1 N–H and O–H groups in total. The first-order valence-corrected chi connectivity index (χ1v) is 6.86. The first kappa shape index (κ1) is 11.9. The van der Waals surface area contributed by atoms with Crippen LogP contribution in [-0.2, 0) is 6.54 Å². The highest BCUT2D eigenvalue weighted by molar-refractivity contribution is 5.87. The van der Waals surface area contributed by atoms with Crippen molar-refractivity contribution >= 4 is 5.69 Å². The van der Waals surface area contributed by atoms with E-state index in [-0.39, 0.29) is 0 Å². The van der Waals surface area contributed by atoms with Crippen LogP contribution in [0.15, 0.2) is 61.3 Å². The Bertz CT molecular complexity index is 819. The van der Waals surface area contributed by atoms with Crippen molar-refractivity contribution in [1.82, 2.24) is 15.4 Å². The number of fused-ring (bicyclic) bond motifs is 5. The maximum Gasteiger partial charge on any atom is 0.122 e. The number of benzene rings is 2. The topological polar surface area (TPSA) is 44.8 Å². The molecule has 0 atom stereocenters. The second-order valence-electron chi connectivity index (χ2n) is 5.01. The largest absolute Gasteiger partial charge is 0.344 e. The van der Waals surface area contributed by atoms with Gasteiger partial charge in [-0.3, -0.25) is 0 Å². The number of hydrogen-bond acceptors (Lipinski definition) is 3. The molecule has 0 fully saturated rings. The number of para-hydroxylation sites is 1. The van der Waals surface area contributed by atoms with Gasteiger partial charge in [-0.15, -0.1) is 0 Å². The van der Waals surface area contributed by atoms with Gasteiger partial charge in [0.25, 0.3) is 0 Å². The van der Waals surface area contributed by atoms with Gasteiger partial charge in [0.15, 0.2) is 0 Å². The number of aromatic nitrogens is 3. The van der Waals surface area contributed by atoms with E-state index < -0.39 is 0 Å². The first-order chi connectivity index (χ1) is 10.4. The molecular weight excluding hydrogens is 260 g/mol. The summed E-state index contributed by atoms with van der Waals surface area (Å²) in [7, 11) is 0. The van der Waals surface area contributed by atoms with Crippen molar-refractivity contribution in [2.45, 2.75) is 6.54 Å². The molecule has 0 amide bonds. The normalized spacial score (nSPS) is 12.7. The Balaban J connectivity index is 2.08. The predicted molar refractivity (Wildman–Crippen MR) is 83.6 cm³/mol. The van der Waals surface area contributed by atoms with Crippen LogP contribution in [0.1, 0.15) is 5.56 Å². The lowest BCUT2D eigenvalue weighted by molar-refractivity contribution is 0.944. The highest BCUT2D eigenvalue weighted by Crippen LogP contribution is 2.39. The van der Waals surface area contributed by atoms with E-state index in [0.29, 0.717) is 0 Å². The van der Waals surface area contributed by atoms with Crippen molar-refractivity contribution in [1.29, 1.82) is 0 Å². The summed E-state index contributed by atoms with van der Waals surface area (Å²) in [5, 5.41) is 11.5. The summed E-state index contributed by atoms with van der Waals surface area (Å²) in [5.41, 5.74) is 6.27. The summed E-state index contributed by atoms with van der Waals surface area (Å²) >= 11 is 0. The van der Waals surface area contributed by atoms with E-state index in [2.05, 4.69) is 51.2 Å². The van der Waals surface area contributed by atoms with E-state index in [1.807, 2.05) is 30.5 Å². The summed E-state index contributed by atoms with van der Waals surface area (Å²) in [6.45, 7) is 4.72. The van der Waals surface area contributed by atoms with Crippen molar-refractivity contribution < 1.29 is 0 Å². The third kappa shape index (κ3) is 1.76. The minimum atomic E-state index is 0.767. The van der Waals surface area contributed by atoms with Gasteiger partial charge < -0.3 is 4.90 Å². The molecule has 2 heterocycles. The van der Waals surface area contributed by atoms with Gasteiger partial charge >= 0.3 is 0 Å². The number of aromatic amines is 1. The van der Waals surface area contributed by atoms with Gasteiger partial charge in [0.05, 0.1) is 5.69 Å². The maximum absolute atomic E-state index is 4.37. The molecule has 0 aliphatic carbocycles. The number of nitrogens with one attached hydrogen (secondary N) is 1. The molecule has 1 aliphatic heterocycles. The molecule has 0 spiro atoms. The first-order valence-electron chi connectivity index (χ1n) is 6.86. The van der Waals surface area contributed by atoms with E-state index >= 15 is 0 Å². The average Bonchev–Trinajstić information content (AvgIpc) is 3.00. The zero-order valence-corrected chi connectivity index (χ0v) is 11.5. The Morgan fingerprint density at radius 1 is 0.952 bits per heavy atom. The van der Waals surface area contributed by atoms with Gasteiger partial charge in [0.1, 0.15) is 11.4 Å². The van der Waals surface area contributed by atoms with E-state index in [9.17, 15) is 0 Å². The molecule has 3 aromatic rings. The smallest absolute Gasteiger partial charge is 0.122 e. The fourth-order valence-corrected chi connectivity index (χ4v) is 2.85. The zero-order valence-electron chi connectivity index (χ0n) is 11.5. The SMILES string of the molecule is C=CN1Cc2ccccc2-c2n[nH]nc2-c2ccccc21. The molecule has 0 unspecified atom stereocenters. The van der Waals surface area contributed by atoms with Crippen LogP contribution in [0.25, 0.3) is 22.5 Å². The van der Waals surface area contributed by atoms with Crippen molar-refractivity contribution in [3.8, 4) is 22.5 Å². The average molecular weight is 274 g/mol. The van der Waals surface area contributed by atoms with E-state index in [1.165, 1.54) is 5.56 Å². The summed E-state index contributed by atoms with van der Waals surface area (Å²) < 4.78 is 0. The standard InChI is InChI=1S/C17H14N4/c1-2-21-11-12-7-3-4-8-13(12)16-17(19-20-18-16)14-9-5-6-10-15(14)21/h2-10H,1,11H2,(H,18,19,20). The lowest BCUT2D eigenvalue weighted by Crippen LogP contribution is -2.17. The van der Waals surface area contributed by atoms with Crippen molar-refractivity contribution in [2.24, 2.45) is 0 Å². The Morgan fingerprint density at radius 2 is 1.62 bits per heavy atom. The van der Waals surface area contributed by atoms with Crippen molar-refractivity contribution in [2.75, 3.05) is 4.90 Å². The monoisotopic (exact) mass is 274 g/mol. The van der Waals surface area contributed by atoms with Gasteiger partial charge in [-0.05, 0) is 17.8 Å². The van der Waals surface area contributed by atoms with Crippen LogP contribution in [0, 0.1) is 0 Å². The maximum atomic E-state index is 4.37. The predicted octanol–water partition coefficient (Wildman–Crippen LogP) is 3.60. The second-order valence-corrected chi connectivity index (χ2v) is 5.01. The minimum absolute atomic E-state index is 0.767. The molecule has 4 nitrogen and oxygen atoms in total. The molecule has 0 saturated carbocycles.